The number of aromatic nitrogens is 2. The molecule has 1 aliphatic heterocycles. The Kier molecular flexibility index (Phi) is 4.81. The van der Waals surface area contributed by atoms with Gasteiger partial charge in [-0.2, -0.15) is 0 Å². The molecule has 27 heavy (non-hydrogen) atoms. The zero-order valence-electron chi connectivity index (χ0n) is 15.9. The second kappa shape index (κ2) is 7.25. The van der Waals surface area contributed by atoms with E-state index in [9.17, 15) is 5.11 Å². The predicted octanol–water partition coefficient (Wildman–Crippen LogP) is 3.92. The normalized spacial score (nSPS) is 18.3. The van der Waals surface area contributed by atoms with Crippen molar-refractivity contribution < 1.29 is 5.11 Å². The van der Waals surface area contributed by atoms with Gasteiger partial charge in [-0.1, -0.05) is 18.2 Å². The average Bonchev–Trinajstić information content (AvgIpc) is 2.68. The fourth-order valence-electron chi connectivity index (χ4n) is 3.82. The van der Waals surface area contributed by atoms with Gasteiger partial charge >= 0.3 is 0 Å². The van der Waals surface area contributed by atoms with E-state index in [2.05, 4.69) is 22.2 Å². The minimum Gasteiger partial charge on any atom is -0.384 e. The number of pyridine rings is 2. The lowest BCUT2D eigenvalue weighted by Gasteiger charge is -2.38. The summed E-state index contributed by atoms with van der Waals surface area (Å²) < 4.78 is 0. The third-order valence-corrected chi connectivity index (χ3v) is 5.65. The smallest absolute Gasteiger partial charge is 0.132 e. The van der Waals surface area contributed by atoms with E-state index < -0.39 is 5.60 Å². The van der Waals surface area contributed by atoms with Crippen LogP contribution < -0.4 is 5.32 Å². The molecule has 1 aromatic carbocycles. The molecular formula is C22H26N4O. The summed E-state index contributed by atoms with van der Waals surface area (Å²) in [6.07, 6.45) is 3.79. The molecule has 1 saturated heterocycles. The van der Waals surface area contributed by atoms with Gasteiger partial charge in [-0.3, -0.25) is 0 Å². The lowest BCUT2D eigenvalue weighted by Crippen LogP contribution is -2.41. The highest BCUT2D eigenvalue weighted by Crippen LogP contribution is 2.35. The Hall–Kier alpha value is -2.50. The van der Waals surface area contributed by atoms with Crippen LogP contribution in [0.5, 0.6) is 0 Å². The Morgan fingerprint density at radius 1 is 1.11 bits per heavy atom. The van der Waals surface area contributed by atoms with Crippen LogP contribution in [0.3, 0.4) is 0 Å². The van der Waals surface area contributed by atoms with Gasteiger partial charge in [0.1, 0.15) is 11.4 Å². The van der Waals surface area contributed by atoms with Gasteiger partial charge in [0, 0.05) is 23.3 Å². The molecule has 1 aliphatic rings. The van der Waals surface area contributed by atoms with Crippen LogP contribution in [0.1, 0.15) is 25.5 Å². The van der Waals surface area contributed by atoms with Crippen molar-refractivity contribution in [3.8, 4) is 0 Å². The molecule has 1 fully saturated rings. The molecule has 0 amide bonds. The molecule has 3 heterocycles. The molecule has 2 N–H and O–H groups in total. The van der Waals surface area contributed by atoms with Crippen LogP contribution in [-0.4, -0.2) is 40.1 Å². The van der Waals surface area contributed by atoms with Crippen LogP contribution in [0, 0.1) is 5.92 Å². The number of hydrogen-bond acceptors (Lipinski definition) is 5. The minimum atomic E-state index is -0.925. The van der Waals surface area contributed by atoms with E-state index in [1.54, 1.807) is 0 Å². The summed E-state index contributed by atoms with van der Waals surface area (Å²) in [7, 11) is 2.13. The van der Waals surface area contributed by atoms with Crippen LogP contribution >= 0.6 is 0 Å². The van der Waals surface area contributed by atoms with Gasteiger partial charge in [-0.05, 0) is 70.1 Å². The zero-order valence-corrected chi connectivity index (χ0v) is 15.9. The van der Waals surface area contributed by atoms with Gasteiger partial charge in [-0.25, -0.2) is 9.97 Å². The van der Waals surface area contributed by atoms with Crippen molar-refractivity contribution in [1.29, 1.82) is 0 Å². The largest absolute Gasteiger partial charge is 0.384 e. The minimum absolute atomic E-state index is 0.224. The number of para-hydroxylation sites is 1. The summed E-state index contributed by atoms with van der Waals surface area (Å²) in [5, 5.41) is 15.5. The van der Waals surface area contributed by atoms with Gasteiger partial charge in [-0.15, -0.1) is 0 Å². The number of piperidine rings is 1. The van der Waals surface area contributed by atoms with E-state index in [4.69, 9.17) is 4.98 Å². The molecule has 5 heteroatoms. The van der Waals surface area contributed by atoms with Gasteiger partial charge in [0.25, 0.3) is 0 Å². The second-order valence-electron chi connectivity index (χ2n) is 7.67. The first-order chi connectivity index (χ1) is 13.0. The zero-order chi connectivity index (χ0) is 18.9. The number of benzene rings is 1. The summed E-state index contributed by atoms with van der Waals surface area (Å²) in [6.45, 7) is 3.94. The third kappa shape index (κ3) is 3.80. The highest BCUT2D eigenvalue weighted by molar-refractivity contribution is 5.81. The second-order valence-corrected chi connectivity index (χ2v) is 7.67. The number of anilines is 2. The molecule has 0 bridgehead atoms. The molecule has 5 nitrogen and oxygen atoms in total. The summed E-state index contributed by atoms with van der Waals surface area (Å²) in [5.74, 6) is 0.972. The lowest BCUT2D eigenvalue weighted by atomic mass is 9.79. The number of nitrogens with one attached hydrogen (secondary N) is 1. The SMILES string of the molecule is CN1CCC(C(C)(O)c2ccc3cnc(Nc4ccccc4)cc3n2)CC1. The maximum absolute atomic E-state index is 11.2. The van der Waals surface area contributed by atoms with Crippen LogP contribution in [0.4, 0.5) is 11.5 Å². The van der Waals surface area contributed by atoms with Gasteiger partial charge in [0.15, 0.2) is 0 Å². The maximum atomic E-state index is 11.2. The molecule has 140 valence electrons. The van der Waals surface area contributed by atoms with E-state index in [-0.39, 0.29) is 5.92 Å². The van der Waals surface area contributed by atoms with E-state index >= 15 is 0 Å². The van der Waals surface area contributed by atoms with Crippen LogP contribution in [-0.2, 0) is 5.60 Å². The average molecular weight is 362 g/mol. The number of rotatable bonds is 4. The fraction of sp³-hybridized carbons (Fsp3) is 0.364. The topological polar surface area (TPSA) is 61.3 Å². The molecule has 1 atom stereocenters. The van der Waals surface area contributed by atoms with Crippen molar-refractivity contribution in [3.05, 3.63) is 60.4 Å². The molecule has 4 rings (SSSR count). The maximum Gasteiger partial charge on any atom is 0.132 e. The molecule has 1 unspecified atom stereocenters. The quantitative estimate of drug-likeness (QED) is 0.736. The Morgan fingerprint density at radius 3 is 2.59 bits per heavy atom. The van der Waals surface area contributed by atoms with Crippen molar-refractivity contribution in [3.63, 3.8) is 0 Å². The first kappa shape index (κ1) is 17.9. The predicted molar refractivity (Wildman–Crippen MR) is 109 cm³/mol. The molecule has 0 spiro atoms. The number of fused-ring (bicyclic) bond motifs is 1. The fourth-order valence-corrected chi connectivity index (χ4v) is 3.82. The molecule has 0 radical (unpaired) electrons. The Bertz CT molecular complexity index is 918. The van der Waals surface area contributed by atoms with Crippen molar-refractivity contribution in [2.24, 2.45) is 5.92 Å². The molecular weight excluding hydrogens is 336 g/mol. The summed E-state index contributed by atoms with van der Waals surface area (Å²) in [5.41, 5.74) is 1.64. The summed E-state index contributed by atoms with van der Waals surface area (Å²) in [4.78, 5) is 11.6. The Morgan fingerprint density at radius 2 is 1.85 bits per heavy atom. The van der Waals surface area contributed by atoms with Gasteiger partial charge in [0.05, 0.1) is 11.2 Å². The van der Waals surface area contributed by atoms with Crippen LogP contribution in [0.15, 0.2) is 54.7 Å². The number of hydrogen-bond donors (Lipinski definition) is 2. The monoisotopic (exact) mass is 362 g/mol. The highest BCUT2D eigenvalue weighted by Gasteiger charge is 2.36. The van der Waals surface area contributed by atoms with Crippen molar-refractivity contribution in [2.45, 2.75) is 25.4 Å². The van der Waals surface area contributed by atoms with E-state index in [0.717, 1.165) is 54.0 Å². The van der Waals surface area contributed by atoms with Crippen molar-refractivity contribution in [2.75, 3.05) is 25.5 Å². The number of aliphatic hydroxyl groups is 1. The van der Waals surface area contributed by atoms with E-state index in [0.29, 0.717) is 0 Å². The van der Waals surface area contributed by atoms with Crippen molar-refractivity contribution >= 4 is 22.4 Å². The first-order valence-electron chi connectivity index (χ1n) is 9.52. The Balaban J connectivity index is 1.62. The molecule has 2 aromatic heterocycles. The first-order valence-corrected chi connectivity index (χ1v) is 9.52. The molecule has 0 aliphatic carbocycles. The number of likely N-dealkylation sites (tertiary alicyclic amines) is 1. The lowest BCUT2D eigenvalue weighted by molar-refractivity contribution is -0.0334. The van der Waals surface area contributed by atoms with Gasteiger partial charge < -0.3 is 15.3 Å². The van der Waals surface area contributed by atoms with Crippen molar-refractivity contribution in [1.82, 2.24) is 14.9 Å². The molecule has 0 saturated carbocycles. The van der Waals surface area contributed by atoms with Crippen LogP contribution in [0.2, 0.25) is 0 Å². The third-order valence-electron chi connectivity index (χ3n) is 5.65. The van der Waals surface area contributed by atoms with E-state index in [1.807, 2.05) is 61.7 Å². The standard InChI is InChI=1S/C22H26N4O/c1-22(27,17-10-12-26(2)13-11-17)20-9-8-16-15-23-21(14-19(16)25-20)24-18-6-4-3-5-7-18/h3-9,14-15,17,27H,10-13H2,1-2H3,(H,23,24). The summed E-state index contributed by atoms with van der Waals surface area (Å²) in [6, 6.07) is 15.8. The molecule has 3 aromatic rings. The highest BCUT2D eigenvalue weighted by atomic mass is 16.3. The Labute approximate surface area is 160 Å². The number of nitrogens with zero attached hydrogens (tertiary/aromatic N) is 3. The van der Waals surface area contributed by atoms with Gasteiger partial charge in [0.2, 0.25) is 0 Å². The summed E-state index contributed by atoms with van der Waals surface area (Å²) >= 11 is 0. The van der Waals surface area contributed by atoms with Crippen LogP contribution in [0.25, 0.3) is 10.9 Å². The van der Waals surface area contributed by atoms with E-state index in [1.165, 1.54) is 0 Å².